The maximum atomic E-state index is 4.62. The largest absolute Gasteiger partial charge is 0.355 e. The van der Waals surface area contributed by atoms with Gasteiger partial charge in [-0.05, 0) is 39.4 Å². The number of nitrogens with one attached hydrogen (secondary N) is 1. The van der Waals surface area contributed by atoms with E-state index in [1.54, 1.807) is 0 Å². The summed E-state index contributed by atoms with van der Waals surface area (Å²) < 4.78 is 0. The molecule has 0 spiro atoms. The van der Waals surface area contributed by atoms with E-state index in [0.29, 0.717) is 6.04 Å². The number of rotatable bonds is 5. The molecule has 1 aliphatic heterocycles. The second kappa shape index (κ2) is 5.47. The molecule has 0 bridgehead atoms. The van der Waals surface area contributed by atoms with Crippen molar-refractivity contribution in [2.75, 3.05) is 32.1 Å². The average Bonchev–Trinajstić information content (AvgIpc) is 3.11. The summed E-state index contributed by atoms with van der Waals surface area (Å²) in [6.07, 6.45) is 5.82. The molecule has 1 saturated heterocycles. The molecule has 4 heteroatoms. The van der Waals surface area contributed by atoms with Gasteiger partial charge in [-0.15, -0.1) is 0 Å². The Hall–Kier alpha value is -1.13. The third kappa shape index (κ3) is 3.07. The van der Waals surface area contributed by atoms with Crippen molar-refractivity contribution in [3.05, 3.63) is 23.9 Å². The lowest BCUT2D eigenvalue weighted by atomic mass is 10.2. The lowest BCUT2D eigenvalue weighted by Gasteiger charge is -2.23. The number of pyridine rings is 1. The lowest BCUT2D eigenvalue weighted by molar-refractivity contribution is 0.315. The van der Waals surface area contributed by atoms with Crippen LogP contribution in [-0.4, -0.2) is 49.2 Å². The predicted octanol–water partition coefficient (Wildman–Crippen LogP) is 1.47. The maximum absolute atomic E-state index is 4.62. The zero-order valence-corrected chi connectivity index (χ0v) is 12.0. The van der Waals surface area contributed by atoms with Crippen LogP contribution in [-0.2, 0) is 6.54 Å². The molecule has 1 aliphatic carbocycles. The summed E-state index contributed by atoms with van der Waals surface area (Å²) in [5.41, 5.74) is 1.34. The Bertz CT molecular complexity index is 428. The van der Waals surface area contributed by atoms with Crippen LogP contribution in [0, 0.1) is 0 Å². The molecule has 0 aromatic carbocycles. The lowest BCUT2D eigenvalue weighted by Crippen LogP contribution is -2.32. The molecular formula is C15H24N4. The molecule has 0 radical (unpaired) electrons. The summed E-state index contributed by atoms with van der Waals surface area (Å²) in [7, 11) is 4.34. The molecule has 0 amide bonds. The minimum absolute atomic E-state index is 0.659. The Labute approximate surface area is 115 Å². The molecule has 2 aliphatic rings. The highest BCUT2D eigenvalue weighted by atomic mass is 15.3. The molecule has 19 heavy (non-hydrogen) atoms. The van der Waals surface area contributed by atoms with Crippen LogP contribution in [0.3, 0.4) is 0 Å². The predicted molar refractivity (Wildman–Crippen MR) is 78.4 cm³/mol. The molecule has 104 valence electrons. The second-order valence-electron chi connectivity index (χ2n) is 5.99. The van der Waals surface area contributed by atoms with E-state index in [1.807, 2.05) is 12.3 Å². The molecule has 4 nitrogen and oxygen atoms in total. The van der Waals surface area contributed by atoms with E-state index in [0.717, 1.165) is 25.7 Å². The molecule has 1 atom stereocenters. The van der Waals surface area contributed by atoms with Crippen LogP contribution in [0.2, 0.25) is 0 Å². The van der Waals surface area contributed by atoms with Gasteiger partial charge >= 0.3 is 0 Å². The Morgan fingerprint density at radius 2 is 2.21 bits per heavy atom. The molecule has 2 fully saturated rings. The van der Waals surface area contributed by atoms with Gasteiger partial charge in [-0.3, -0.25) is 0 Å². The van der Waals surface area contributed by atoms with Crippen LogP contribution >= 0.6 is 0 Å². The summed E-state index contributed by atoms with van der Waals surface area (Å²) in [5, 5.41) is 3.59. The summed E-state index contributed by atoms with van der Waals surface area (Å²) in [4.78, 5) is 9.38. The van der Waals surface area contributed by atoms with Crippen LogP contribution in [0.1, 0.15) is 24.8 Å². The van der Waals surface area contributed by atoms with Gasteiger partial charge in [0.2, 0.25) is 0 Å². The SMILES string of the molecule is CN(C)C1CCN(c2ncccc2CNC2CC2)C1. The highest BCUT2D eigenvalue weighted by Gasteiger charge is 2.27. The van der Waals surface area contributed by atoms with Gasteiger partial charge in [0, 0.05) is 43.5 Å². The van der Waals surface area contributed by atoms with Crippen molar-refractivity contribution >= 4 is 5.82 Å². The Morgan fingerprint density at radius 3 is 2.89 bits per heavy atom. The molecule has 2 heterocycles. The Morgan fingerprint density at radius 1 is 1.37 bits per heavy atom. The fourth-order valence-corrected chi connectivity index (χ4v) is 2.75. The van der Waals surface area contributed by atoms with E-state index in [1.165, 1.54) is 30.6 Å². The van der Waals surface area contributed by atoms with Crippen molar-refractivity contribution in [3.63, 3.8) is 0 Å². The van der Waals surface area contributed by atoms with E-state index in [-0.39, 0.29) is 0 Å². The summed E-state index contributed by atoms with van der Waals surface area (Å²) >= 11 is 0. The molecule has 1 unspecified atom stereocenters. The fourth-order valence-electron chi connectivity index (χ4n) is 2.75. The Balaban J connectivity index is 1.69. The van der Waals surface area contributed by atoms with Crippen LogP contribution in [0.25, 0.3) is 0 Å². The first-order valence-corrected chi connectivity index (χ1v) is 7.32. The molecule has 1 saturated carbocycles. The monoisotopic (exact) mass is 260 g/mol. The minimum atomic E-state index is 0.659. The standard InChI is InChI=1S/C15H24N4/c1-18(2)14-7-9-19(11-14)15-12(4-3-8-16-15)10-17-13-5-6-13/h3-4,8,13-14,17H,5-7,9-11H2,1-2H3. The number of aromatic nitrogens is 1. The third-order valence-electron chi connectivity index (χ3n) is 4.22. The van der Waals surface area contributed by atoms with E-state index in [2.05, 4.69) is 40.3 Å². The third-order valence-corrected chi connectivity index (χ3v) is 4.22. The van der Waals surface area contributed by atoms with E-state index in [4.69, 9.17) is 0 Å². The van der Waals surface area contributed by atoms with Crippen molar-refractivity contribution in [1.82, 2.24) is 15.2 Å². The van der Waals surface area contributed by atoms with Crippen LogP contribution in [0.5, 0.6) is 0 Å². The zero-order valence-electron chi connectivity index (χ0n) is 12.0. The highest BCUT2D eigenvalue weighted by Crippen LogP contribution is 2.25. The fraction of sp³-hybridized carbons (Fsp3) is 0.667. The number of nitrogens with zero attached hydrogens (tertiary/aromatic N) is 3. The van der Waals surface area contributed by atoms with Crippen molar-refractivity contribution in [2.45, 2.75) is 37.9 Å². The van der Waals surface area contributed by atoms with Gasteiger partial charge in [0.15, 0.2) is 0 Å². The van der Waals surface area contributed by atoms with Crippen LogP contribution in [0.15, 0.2) is 18.3 Å². The topological polar surface area (TPSA) is 31.4 Å². The van der Waals surface area contributed by atoms with Gasteiger partial charge in [0.25, 0.3) is 0 Å². The zero-order chi connectivity index (χ0) is 13.2. The van der Waals surface area contributed by atoms with E-state index >= 15 is 0 Å². The van der Waals surface area contributed by atoms with Crippen LogP contribution < -0.4 is 10.2 Å². The van der Waals surface area contributed by atoms with Gasteiger partial charge in [-0.2, -0.15) is 0 Å². The molecule has 1 aromatic rings. The maximum Gasteiger partial charge on any atom is 0.133 e. The van der Waals surface area contributed by atoms with Crippen molar-refractivity contribution in [2.24, 2.45) is 0 Å². The summed E-state index contributed by atoms with van der Waals surface area (Å²) in [5.74, 6) is 1.18. The van der Waals surface area contributed by atoms with Crippen molar-refractivity contribution < 1.29 is 0 Å². The van der Waals surface area contributed by atoms with Crippen molar-refractivity contribution in [3.8, 4) is 0 Å². The molecule has 1 aromatic heterocycles. The normalized spacial score (nSPS) is 23.3. The first-order chi connectivity index (χ1) is 9.24. The highest BCUT2D eigenvalue weighted by molar-refractivity contribution is 5.48. The van der Waals surface area contributed by atoms with Gasteiger partial charge in [0.05, 0.1) is 0 Å². The van der Waals surface area contributed by atoms with E-state index in [9.17, 15) is 0 Å². The number of hydrogen-bond acceptors (Lipinski definition) is 4. The van der Waals surface area contributed by atoms with Crippen molar-refractivity contribution in [1.29, 1.82) is 0 Å². The number of likely N-dealkylation sites (N-methyl/N-ethyl adjacent to an activating group) is 1. The second-order valence-corrected chi connectivity index (χ2v) is 5.99. The van der Waals surface area contributed by atoms with Gasteiger partial charge in [-0.25, -0.2) is 4.98 Å². The molecular weight excluding hydrogens is 236 g/mol. The number of anilines is 1. The summed E-state index contributed by atoms with van der Waals surface area (Å²) in [6.45, 7) is 3.17. The minimum Gasteiger partial charge on any atom is -0.355 e. The first-order valence-electron chi connectivity index (χ1n) is 7.32. The van der Waals surface area contributed by atoms with Gasteiger partial charge < -0.3 is 15.1 Å². The average molecular weight is 260 g/mol. The van der Waals surface area contributed by atoms with Gasteiger partial charge in [0.1, 0.15) is 5.82 Å². The molecule has 1 N–H and O–H groups in total. The summed E-state index contributed by atoms with van der Waals surface area (Å²) in [6, 6.07) is 5.67. The molecule has 3 rings (SSSR count). The van der Waals surface area contributed by atoms with Crippen LogP contribution in [0.4, 0.5) is 5.82 Å². The van der Waals surface area contributed by atoms with Gasteiger partial charge in [-0.1, -0.05) is 6.07 Å². The number of hydrogen-bond donors (Lipinski definition) is 1. The quantitative estimate of drug-likeness (QED) is 0.869. The van der Waals surface area contributed by atoms with E-state index < -0.39 is 0 Å². The smallest absolute Gasteiger partial charge is 0.133 e. The Kier molecular flexibility index (Phi) is 3.71. The first kappa shape index (κ1) is 12.9.